The van der Waals surface area contributed by atoms with E-state index in [0.29, 0.717) is 6.42 Å². The third-order valence-electron chi connectivity index (χ3n) is 5.89. The van der Waals surface area contributed by atoms with Gasteiger partial charge in [0.15, 0.2) is 5.90 Å². The van der Waals surface area contributed by atoms with Crippen LogP contribution in [0.3, 0.4) is 0 Å². The molecule has 0 atom stereocenters. The van der Waals surface area contributed by atoms with E-state index in [-0.39, 0.29) is 4.58 Å². The van der Waals surface area contributed by atoms with Crippen molar-refractivity contribution in [2.24, 2.45) is 4.99 Å². The second-order valence-corrected chi connectivity index (χ2v) is 14.6. The first-order valence-corrected chi connectivity index (χ1v) is 17.0. The molecule has 0 bridgehead atoms. The number of hydrogen-bond donors (Lipinski definition) is 0. The van der Waals surface area contributed by atoms with Crippen molar-refractivity contribution in [2.45, 2.75) is 55.4 Å². The van der Waals surface area contributed by atoms with Crippen molar-refractivity contribution in [3.63, 3.8) is 0 Å². The molecule has 0 aliphatic rings. The van der Waals surface area contributed by atoms with Crippen LogP contribution < -0.4 is 4.74 Å². The number of nitrogens with zero attached hydrogens (tertiary/aromatic N) is 1. The molecule has 0 N–H and O–H groups in total. The van der Waals surface area contributed by atoms with Crippen LogP contribution in [0.4, 0.5) is 5.69 Å². The monoisotopic (exact) mass is 575 g/mol. The molecule has 0 aromatic heterocycles. The molecule has 0 unspecified atom stereocenters. The fraction of sp³-hybridized carbons (Fsp3) is 0.219. The molecule has 4 aromatic carbocycles. The van der Waals surface area contributed by atoms with E-state index in [4.69, 9.17) is 9.73 Å². The minimum atomic E-state index is 0.211. The van der Waals surface area contributed by atoms with E-state index in [1.165, 1.54) is 37.6 Å². The summed E-state index contributed by atoms with van der Waals surface area (Å²) in [4.78, 5) is 7.50. The average molecular weight is 576 g/mol. The van der Waals surface area contributed by atoms with Gasteiger partial charge in [0.25, 0.3) is 0 Å². The molecule has 38 heavy (non-hydrogen) atoms. The maximum atomic E-state index is 6.41. The lowest BCUT2D eigenvalue weighted by atomic mass is 10.1. The summed E-state index contributed by atoms with van der Waals surface area (Å²) >= 11 is 0. The van der Waals surface area contributed by atoms with E-state index in [0.717, 1.165) is 17.3 Å². The first-order chi connectivity index (χ1) is 18.3. The fourth-order valence-electron chi connectivity index (χ4n) is 3.42. The largest absolute Gasteiger partial charge is 0.443 e. The number of ether oxygens (including phenoxy) is 1. The van der Waals surface area contributed by atoms with Crippen molar-refractivity contribution < 1.29 is 4.74 Å². The molecule has 0 fully saturated rings. The Bertz CT molecular complexity index is 1300. The normalized spacial score (nSPS) is 11.7. The second kappa shape index (κ2) is 14.2. The van der Waals surface area contributed by atoms with Crippen LogP contribution in [0.2, 0.25) is 0 Å². The van der Waals surface area contributed by atoms with Crippen molar-refractivity contribution in [3.05, 3.63) is 119 Å². The number of rotatable bonds is 10. The molecule has 0 saturated carbocycles. The number of aryl methyl sites for hydroxylation is 5. The van der Waals surface area contributed by atoms with Crippen molar-refractivity contribution in [3.8, 4) is 5.75 Å². The van der Waals surface area contributed by atoms with Crippen LogP contribution in [0.5, 0.6) is 5.75 Å². The summed E-state index contributed by atoms with van der Waals surface area (Å²) in [6, 6.07) is 31.9. The Balaban J connectivity index is 1.57. The summed E-state index contributed by atoms with van der Waals surface area (Å²) in [5.74, 6) is 1.53. The highest BCUT2D eigenvalue weighted by Gasteiger charge is 2.18. The Labute approximate surface area is 243 Å². The van der Waals surface area contributed by atoms with Crippen molar-refractivity contribution >= 4 is 54.8 Å². The van der Waals surface area contributed by atoms with E-state index in [1.54, 1.807) is 0 Å². The van der Waals surface area contributed by atoms with Gasteiger partial charge in [0.05, 0.1) is 10.3 Å². The van der Waals surface area contributed by atoms with Gasteiger partial charge < -0.3 is 4.74 Å². The minimum Gasteiger partial charge on any atom is -0.443 e. The molecule has 0 amide bonds. The van der Waals surface area contributed by atoms with Gasteiger partial charge in [0, 0.05) is 16.2 Å². The zero-order valence-electron chi connectivity index (χ0n) is 22.4. The SMILES string of the molecule is Cc1ccc(OC(CC(SSc2ccc(C)cc2)SSc2ccc(C)cc2)=Nc2ccc(C)c(C)c2)cc1. The first-order valence-electron chi connectivity index (χ1n) is 12.5. The lowest BCUT2D eigenvalue weighted by Gasteiger charge is -2.17. The zero-order valence-corrected chi connectivity index (χ0v) is 25.7. The third-order valence-corrected chi connectivity index (χ3v) is 12.2. The molecular weight excluding hydrogens is 543 g/mol. The Kier molecular flexibility index (Phi) is 10.8. The summed E-state index contributed by atoms with van der Waals surface area (Å²) in [7, 11) is 7.33. The average Bonchev–Trinajstić information content (AvgIpc) is 2.91. The van der Waals surface area contributed by atoms with Gasteiger partial charge in [0.2, 0.25) is 0 Å². The highest BCUT2D eigenvalue weighted by atomic mass is 33.1. The first kappa shape index (κ1) is 28.8. The highest BCUT2D eigenvalue weighted by molar-refractivity contribution is 8.85. The number of aliphatic imine (C=N–C) groups is 1. The van der Waals surface area contributed by atoms with E-state index in [1.807, 2.05) is 55.3 Å². The van der Waals surface area contributed by atoms with Crippen LogP contribution in [0.1, 0.15) is 34.2 Å². The van der Waals surface area contributed by atoms with Crippen LogP contribution in [0, 0.1) is 34.6 Å². The predicted molar refractivity (Wildman–Crippen MR) is 172 cm³/mol. The Morgan fingerprint density at radius 2 is 1.13 bits per heavy atom. The molecule has 4 aromatic rings. The minimum absolute atomic E-state index is 0.211. The molecule has 4 rings (SSSR count). The standard InChI is InChI=1S/C32H33NOS4/c1-22-6-14-28(15-7-22)34-31(33-27-13-12-25(4)26(5)20-27)21-32(37-35-29-16-8-23(2)9-17-29)38-36-30-18-10-24(3)11-19-30/h6-20,32H,21H2,1-5H3. The van der Waals surface area contributed by atoms with Crippen LogP contribution >= 0.6 is 43.2 Å². The maximum absolute atomic E-state index is 6.41. The van der Waals surface area contributed by atoms with Crippen molar-refractivity contribution in [1.29, 1.82) is 0 Å². The molecule has 196 valence electrons. The fourth-order valence-corrected chi connectivity index (χ4v) is 9.15. The Hall–Kier alpha value is -2.25. The molecule has 0 spiro atoms. The van der Waals surface area contributed by atoms with Gasteiger partial charge in [-0.3, -0.25) is 0 Å². The van der Waals surface area contributed by atoms with E-state index >= 15 is 0 Å². The van der Waals surface area contributed by atoms with Gasteiger partial charge in [0.1, 0.15) is 5.75 Å². The van der Waals surface area contributed by atoms with Crippen LogP contribution in [-0.2, 0) is 0 Å². The van der Waals surface area contributed by atoms with E-state index in [2.05, 4.69) is 113 Å². The Morgan fingerprint density at radius 3 is 1.63 bits per heavy atom. The van der Waals surface area contributed by atoms with Gasteiger partial charge in [-0.05, 0) is 94.3 Å². The topological polar surface area (TPSA) is 21.6 Å². The maximum Gasteiger partial charge on any atom is 0.197 e. The van der Waals surface area contributed by atoms with E-state index in [9.17, 15) is 0 Å². The quantitative estimate of drug-likeness (QED) is 0.0809. The summed E-state index contributed by atoms with van der Waals surface area (Å²) in [6.45, 7) is 10.6. The van der Waals surface area contributed by atoms with Crippen LogP contribution in [-0.4, -0.2) is 10.5 Å². The highest BCUT2D eigenvalue weighted by Crippen LogP contribution is 2.47. The Morgan fingerprint density at radius 1 is 0.632 bits per heavy atom. The van der Waals surface area contributed by atoms with Gasteiger partial charge in [-0.2, -0.15) is 0 Å². The van der Waals surface area contributed by atoms with E-state index < -0.39 is 0 Å². The lowest BCUT2D eigenvalue weighted by Crippen LogP contribution is -2.13. The van der Waals surface area contributed by atoms with Crippen molar-refractivity contribution in [2.75, 3.05) is 0 Å². The third kappa shape index (κ3) is 9.19. The van der Waals surface area contributed by atoms with Crippen LogP contribution in [0.25, 0.3) is 0 Å². The molecule has 0 aliphatic carbocycles. The molecule has 0 aliphatic heterocycles. The van der Waals surface area contributed by atoms with Gasteiger partial charge in [-0.1, -0.05) is 102 Å². The second-order valence-electron chi connectivity index (χ2n) is 9.31. The molecule has 2 nitrogen and oxygen atoms in total. The molecule has 0 heterocycles. The van der Waals surface area contributed by atoms with Gasteiger partial charge in [-0.25, -0.2) is 4.99 Å². The summed E-state index contributed by atoms with van der Waals surface area (Å²) in [6.07, 6.45) is 0.688. The number of benzene rings is 4. The predicted octanol–water partition coefficient (Wildman–Crippen LogP) is 10.9. The van der Waals surface area contributed by atoms with Crippen LogP contribution in [0.15, 0.2) is 106 Å². The summed E-state index contributed by atoms with van der Waals surface area (Å²) in [5, 5.41) is 0. The molecule has 6 heteroatoms. The summed E-state index contributed by atoms with van der Waals surface area (Å²) in [5.41, 5.74) is 7.16. The molecule has 0 saturated heterocycles. The van der Waals surface area contributed by atoms with Gasteiger partial charge >= 0.3 is 0 Å². The number of hydrogen-bond acceptors (Lipinski definition) is 6. The molecular formula is C32H33NOS4. The van der Waals surface area contributed by atoms with Crippen molar-refractivity contribution in [1.82, 2.24) is 0 Å². The lowest BCUT2D eigenvalue weighted by molar-refractivity contribution is 0.535. The summed E-state index contributed by atoms with van der Waals surface area (Å²) < 4.78 is 6.63. The smallest absolute Gasteiger partial charge is 0.197 e. The zero-order chi connectivity index (χ0) is 26.9. The van der Waals surface area contributed by atoms with Gasteiger partial charge in [-0.15, -0.1) is 0 Å². The molecule has 0 radical (unpaired) electrons.